The van der Waals surface area contributed by atoms with Crippen molar-refractivity contribution < 1.29 is 0 Å². The molecule has 1 fully saturated rings. The van der Waals surface area contributed by atoms with E-state index in [9.17, 15) is 0 Å². The van der Waals surface area contributed by atoms with Crippen LogP contribution < -0.4 is 10.6 Å². The Bertz CT molecular complexity index is 82.4. The number of nitrogens with one attached hydrogen (secondary N) is 2. The summed E-state index contributed by atoms with van der Waals surface area (Å²) in [6.07, 6.45) is 2.57. The Hall–Kier alpha value is 0.309. The van der Waals surface area contributed by atoms with Crippen LogP contribution in [-0.4, -0.2) is 33.3 Å². The zero-order chi connectivity index (χ0) is 5.82. The zero-order valence-corrected chi connectivity index (χ0v) is 6.65. The van der Waals surface area contributed by atoms with Gasteiger partial charge < -0.3 is 0 Å². The normalized spacial score (nSPS) is 22.8. The van der Waals surface area contributed by atoms with Crippen molar-refractivity contribution in [2.24, 2.45) is 0 Å². The summed E-state index contributed by atoms with van der Waals surface area (Å²) in [4.78, 5) is 0. The Morgan fingerprint density at radius 3 is 2.12 bits per heavy atom. The molecule has 0 unspecified atom stereocenters. The molecule has 47 valence electrons. The summed E-state index contributed by atoms with van der Waals surface area (Å²) in [5.74, 6) is 0. The minimum atomic E-state index is 1.12. The number of rotatable bonds is 0. The fourth-order valence-corrected chi connectivity index (χ4v) is 1.20. The maximum atomic E-state index is 3.22. The molecule has 1 radical (unpaired) electrons. The Kier molecular flexibility index (Phi) is 2.70. The van der Waals surface area contributed by atoms with Gasteiger partial charge in [0.05, 0.1) is 0 Å². The quantitative estimate of drug-likeness (QED) is 0.462. The molecule has 0 aromatic rings. The molecule has 2 nitrogen and oxygen atoms in total. The topological polar surface area (TPSA) is 24.1 Å². The fourth-order valence-electron chi connectivity index (χ4n) is 0.726. The van der Waals surface area contributed by atoms with Crippen LogP contribution in [-0.2, 0) is 0 Å². The Morgan fingerprint density at radius 1 is 1.12 bits per heavy atom. The van der Waals surface area contributed by atoms with Crippen molar-refractivity contribution in [2.45, 2.75) is 12.8 Å². The van der Waals surface area contributed by atoms with Crippen LogP contribution in [0.4, 0.5) is 0 Å². The van der Waals surface area contributed by atoms with Gasteiger partial charge in [0.25, 0.3) is 0 Å². The second-order valence-corrected chi connectivity index (χ2v) is 2.85. The molecular formula is C5H11N2Se. The summed E-state index contributed by atoms with van der Waals surface area (Å²) < 4.78 is 1.16. The van der Waals surface area contributed by atoms with Gasteiger partial charge >= 0.3 is 56.8 Å². The average Bonchev–Trinajstić information content (AvgIpc) is 1.94. The van der Waals surface area contributed by atoms with Crippen LogP contribution in [0.5, 0.6) is 0 Å². The third kappa shape index (κ3) is 2.05. The summed E-state index contributed by atoms with van der Waals surface area (Å²) in [5, 5.41) is 6.44. The van der Waals surface area contributed by atoms with Crippen LogP contribution in [0.1, 0.15) is 12.8 Å². The van der Waals surface area contributed by atoms with Gasteiger partial charge in [0, 0.05) is 0 Å². The van der Waals surface area contributed by atoms with E-state index in [4.69, 9.17) is 0 Å². The molecule has 8 heavy (non-hydrogen) atoms. The zero-order valence-electron chi connectivity index (χ0n) is 4.78. The molecule has 2 N–H and O–H groups in total. The van der Waals surface area contributed by atoms with Crippen LogP contribution in [0.3, 0.4) is 0 Å². The van der Waals surface area contributed by atoms with Gasteiger partial charge in [-0.25, -0.2) is 0 Å². The van der Waals surface area contributed by atoms with E-state index >= 15 is 0 Å². The molecule has 1 rings (SSSR count). The van der Waals surface area contributed by atoms with Crippen LogP contribution in [0.15, 0.2) is 0 Å². The average molecular weight is 178 g/mol. The summed E-state index contributed by atoms with van der Waals surface area (Å²) in [6.45, 7) is 2.24. The van der Waals surface area contributed by atoms with Gasteiger partial charge in [-0.15, -0.1) is 0 Å². The SMILES string of the molecule is [SeH]=C1NCCCCN1. The van der Waals surface area contributed by atoms with E-state index in [1.165, 1.54) is 12.8 Å². The van der Waals surface area contributed by atoms with E-state index in [0.717, 1.165) is 17.8 Å². The van der Waals surface area contributed by atoms with Gasteiger partial charge in [-0.05, 0) is 0 Å². The molecule has 1 saturated heterocycles. The van der Waals surface area contributed by atoms with Crippen LogP contribution in [0, 0.1) is 0 Å². The van der Waals surface area contributed by atoms with Crippen molar-refractivity contribution in [3.05, 3.63) is 0 Å². The molecule has 0 spiro atoms. The van der Waals surface area contributed by atoms with E-state index in [1.807, 2.05) is 0 Å². The van der Waals surface area contributed by atoms with Crippen LogP contribution >= 0.6 is 0 Å². The maximum absolute atomic E-state index is 3.22. The van der Waals surface area contributed by atoms with Crippen molar-refractivity contribution in [2.75, 3.05) is 13.1 Å². The molecule has 0 aliphatic carbocycles. The van der Waals surface area contributed by atoms with Gasteiger partial charge in [-0.2, -0.15) is 0 Å². The fraction of sp³-hybridized carbons (Fsp3) is 0.800. The Balaban J connectivity index is 2.27. The summed E-state index contributed by atoms with van der Waals surface area (Å²) >= 11 is 2.49. The van der Waals surface area contributed by atoms with E-state index < -0.39 is 0 Å². The van der Waals surface area contributed by atoms with Crippen molar-refractivity contribution in [1.82, 2.24) is 10.6 Å². The van der Waals surface area contributed by atoms with Crippen molar-refractivity contribution >= 4 is 20.2 Å². The predicted octanol–water partition coefficient (Wildman–Crippen LogP) is -1.05. The molecule has 0 aromatic carbocycles. The van der Waals surface area contributed by atoms with E-state index in [0.29, 0.717) is 0 Å². The molecule has 0 amide bonds. The van der Waals surface area contributed by atoms with E-state index in [1.54, 1.807) is 0 Å². The monoisotopic (exact) mass is 179 g/mol. The standard InChI is InChI=1S/C5H11N2Se/c8-5-6-3-1-2-4-7-5/h6-8H,1-4H2. The molecule has 1 aliphatic rings. The van der Waals surface area contributed by atoms with E-state index in [-0.39, 0.29) is 0 Å². The minimum absolute atomic E-state index is 1.12. The molecule has 1 aliphatic heterocycles. The van der Waals surface area contributed by atoms with Crippen molar-refractivity contribution in [3.8, 4) is 0 Å². The van der Waals surface area contributed by atoms with Gasteiger partial charge in [0.2, 0.25) is 0 Å². The number of hydrogen-bond donors (Lipinski definition) is 2. The molecule has 0 atom stereocenters. The predicted molar refractivity (Wildman–Crippen MR) is 37.4 cm³/mol. The van der Waals surface area contributed by atoms with Crippen molar-refractivity contribution in [3.63, 3.8) is 0 Å². The van der Waals surface area contributed by atoms with Gasteiger partial charge in [-0.3, -0.25) is 0 Å². The summed E-state index contributed by atoms with van der Waals surface area (Å²) in [6, 6.07) is 0. The van der Waals surface area contributed by atoms with Crippen LogP contribution in [0.25, 0.3) is 0 Å². The first-order chi connectivity index (χ1) is 3.89. The Morgan fingerprint density at radius 2 is 1.62 bits per heavy atom. The summed E-state index contributed by atoms with van der Waals surface area (Å²) in [7, 11) is 0. The molecule has 3 heteroatoms. The second-order valence-electron chi connectivity index (χ2n) is 1.91. The van der Waals surface area contributed by atoms with Crippen LogP contribution in [0.2, 0.25) is 0 Å². The van der Waals surface area contributed by atoms with Gasteiger partial charge in [0.1, 0.15) is 0 Å². The first-order valence-electron chi connectivity index (χ1n) is 2.93. The molecule has 0 saturated carbocycles. The van der Waals surface area contributed by atoms with Crippen molar-refractivity contribution in [1.29, 1.82) is 0 Å². The first-order valence-corrected chi connectivity index (χ1v) is 3.87. The molecule has 0 bridgehead atoms. The first kappa shape index (κ1) is 6.43. The second kappa shape index (κ2) is 3.36. The van der Waals surface area contributed by atoms with Gasteiger partial charge in [-0.1, -0.05) is 0 Å². The molecule has 0 aromatic heterocycles. The molecular weight excluding hydrogens is 167 g/mol. The summed E-state index contributed by atoms with van der Waals surface area (Å²) in [5.41, 5.74) is 0. The Labute approximate surface area is 57.4 Å². The molecule has 1 heterocycles. The third-order valence-corrected chi connectivity index (χ3v) is 1.85. The van der Waals surface area contributed by atoms with E-state index in [2.05, 4.69) is 26.2 Å². The third-order valence-electron chi connectivity index (χ3n) is 1.19. The number of hydrogen-bond acceptors (Lipinski definition) is 2. The van der Waals surface area contributed by atoms with Gasteiger partial charge in [0.15, 0.2) is 0 Å².